The number of benzene rings is 2. The summed E-state index contributed by atoms with van der Waals surface area (Å²) in [6, 6.07) is 11.9. The molecule has 0 saturated carbocycles. The second-order valence-electron chi connectivity index (χ2n) is 5.66. The molecule has 0 fully saturated rings. The molecule has 3 aromatic rings. The zero-order chi connectivity index (χ0) is 16.6. The van der Waals surface area contributed by atoms with Gasteiger partial charge in [-0.25, -0.2) is 4.39 Å². The topological polar surface area (TPSA) is 42.0 Å². The zero-order valence-electron chi connectivity index (χ0n) is 13.3. The van der Waals surface area contributed by atoms with Crippen molar-refractivity contribution in [3.05, 3.63) is 70.7 Å². The summed E-state index contributed by atoms with van der Waals surface area (Å²) in [5, 5.41) is 3.67. The van der Waals surface area contributed by atoms with Crippen LogP contribution in [0.15, 0.2) is 42.5 Å². The molecule has 0 aliphatic heterocycles. The predicted octanol–water partition coefficient (Wildman–Crippen LogP) is 4.55. The first kappa shape index (κ1) is 15.2. The summed E-state index contributed by atoms with van der Waals surface area (Å²) in [4.78, 5) is 16.9. The number of rotatable bonds is 2. The molecule has 1 N–H and O–H groups in total. The first-order valence-electron chi connectivity index (χ1n) is 7.40. The Labute approximate surface area is 134 Å². The van der Waals surface area contributed by atoms with Gasteiger partial charge in [0, 0.05) is 17.1 Å². The number of carbonyl (C=O) groups excluding carboxylic acids is 1. The van der Waals surface area contributed by atoms with Crippen LogP contribution in [0.5, 0.6) is 0 Å². The van der Waals surface area contributed by atoms with E-state index in [9.17, 15) is 9.18 Å². The highest BCUT2D eigenvalue weighted by Gasteiger charge is 2.13. The quantitative estimate of drug-likeness (QED) is 0.754. The summed E-state index contributed by atoms with van der Waals surface area (Å²) in [7, 11) is 0. The summed E-state index contributed by atoms with van der Waals surface area (Å²) in [5.41, 5.74) is 4.55. The van der Waals surface area contributed by atoms with E-state index in [0.29, 0.717) is 16.8 Å². The maximum Gasteiger partial charge on any atom is 0.257 e. The maximum absolute atomic E-state index is 13.3. The fourth-order valence-electron chi connectivity index (χ4n) is 2.54. The van der Waals surface area contributed by atoms with Gasteiger partial charge in [-0.15, -0.1) is 0 Å². The second-order valence-corrected chi connectivity index (χ2v) is 5.66. The van der Waals surface area contributed by atoms with Gasteiger partial charge in [0.25, 0.3) is 5.91 Å². The molecule has 2 aromatic carbocycles. The van der Waals surface area contributed by atoms with E-state index in [4.69, 9.17) is 0 Å². The Hall–Kier alpha value is -2.75. The van der Waals surface area contributed by atoms with E-state index in [1.807, 2.05) is 32.0 Å². The third-order valence-electron chi connectivity index (χ3n) is 4.07. The SMILES string of the molecule is Cc1cccc(NC(=O)c2cc3ccc(F)cc3nc2C)c1C. The van der Waals surface area contributed by atoms with Gasteiger partial charge in [0.15, 0.2) is 0 Å². The van der Waals surface area contributed by atoms with Crippen LogP contribution in [0.2, 0.25) is 0 Å². The minimum absolute atomic E-state index is 0.213. The number of nitrogens with one attached hydrogen (secondary N) is 1. The molecule has 0 radical (unpaired) electrons. The molecule has 0 aliphatic carbocycles. The number of nitrogens with zero attached hydrogens (tertiary/aromatic N) is 1. The van der Waals surface area contributed by atoms with Crippen molar-refractivity contribution in [2.45, 2.75) is 20.8 Å². The van der Waals surface area contributed by atoms with E-state index < -0.39 is 0 Å². The van der Waals surface area contributed by atoms with Crippen molar-refractivity contribution >= 4 is 22.5 Å². The number of carbonyl (C=O) groups is 1. The summed E-state index contributed by atoms with van der Waals surface area (Å²) in [6.45, 7) is 5.73. The molecule has 0 unspecified atom stereocenters. The minimum atomic E-state index is -0.336. The first-order valence-corrected chi connectivity index (χ1v) is 7.40. The van der Waals surface area contributed by atoms with E-state index in [2.05, 4.69) is 10.3 Å². The lowest BCUT2D eigenvalue weighted by molar-refractivity contribution is 0.102. The average Bonchev–Trinajstić information content (AvgIpc) is 2.51. The summed E-state index contributed by atoms with van der Waals surface area (Å²) >= 11 is 0. The molecule has 23 heavy (non-hydrogen) atoms. The lowest BCUT2D eigenvalue weighted by atomic mass is 10.1. The molecule has 3 nitrogen and oxygen atoms in total. The molecule has 1 heterocycles. The molecule has 0 atom stereocenters. The molecule has 1 amide bonds. The van der Waals surface area contributed by atoms with Crippen LogP contribution in [0.25, 0.3) is 10.9 Å². The Morgan fingerprint density at radius 2 is 1.87 bits per heavy atom. The van der Waals surface area contributed by atoms with Crippen molar-refractivity contribution in [3.8, 4) is 0 Å². The number of amides is 1. The number of fused-ring (bicyclic) bond motifs is 1. The number of pyridine rings is 1. The van der Waals surface area contributed by atoms with Crippen molar-refractivity contribution in [1.29, 1.82) is 0 Å². The van der Waals surface area contributed by atoms with Gasteiger partial charge in [0.2, 0.25) is 0 Å². The normalized spacial score (nSPS) is 10.8. The number of aromatic nitrogens is 1. The number of hydrogen-bond donors (Lipinski definition) is 1. The minimum Gasteiger partial charge on any atom is -0.322 e. The number of hydrogen-bond acceptors (Lipinski definition) is 2. The molecule has 0 spiro atoms. The Bertz CT molecular complexity index is 919. The highest BCUT2D eigenvalue weighted by molar-refractivity contribution is 6.07. The molecule has 3 rings (SSSR count). The van der Waals surface area contributed by atoms with E-state index in [0.717, 1.165) is 22.2 Å². The average molecular weight is 308 g/mol. The second kappa shape index (κ2) is 5.80. The van der Waals surface area contributed by atoms with Crippen LogP contribution in [0.1, 0.15) is 27.2 Å². The fourth-order valence-corrected chi connectivity index (χ4v) is 2.54. The highest BCUT2D eigenvalue weighted by Crippen LogP contribution is 2.21. The smallest absolute Gasteiger partial charge is 0.257 e. The van der Waals surface area contributed by atoms with Crippen LogP contribution >= 0.6 is 0 Å². The van der Waals surface area contributed by atoms with Gasteiger partial charge in [-0.05, 0) is 56.2 Å². The van der Waals surface area contributed by atoms with Gasteiger partial charge in [-0.1, -0.05) is 12.1 Å². The molecule has 4 heteroatoms. The standard InChI is InChI=1S/C19H17FN2O/c1-11-5-4-6-17(12(11)2)22-19(23)16-9-14-7-8-15(20)10-18(14)21-13(16)3/h4-10H,1-3H3,(H,22,23). The summed E-state index contributed by atoms with van der Waals surface area (Å²) < 4.78 is 13.3. The first-order chi connectivity index (χ1) is 11.0. The Kier molecular flexibility index (Phi) is 3.82. The van der Waals surface area contributed by atoms with Crippen molar-refractivity contribution < 1.29 is 9.18 Å². The van der Waals surface area contributed by atoms with Crippen LogP contribution < -0.4 is 5.32 Å². The number of halogens is 1. The van der Waals surface area contributed by atoms with Crippen LogP contribution in [0.4, 0.5) is 10.1 Å². The zero-order valence-corrected chi connectivity index (χ0v) is 13.3. The third-order valence-corrected chi connectivity index (χ3v) is 4.07. The largest absolute Gasteiger partial charge is 0.322 e. The summed E-state index contributed by atoms with van der Waals surface area (Å²) in [5.74, 6) is -0.549. The van der Waals surface area contributed by atoms with Gasteiger partial charge in [0.05, 0.1) is 16.8 Å². The van der Waals surface area contributed by atoms with Crippen molar-refractivity contribution in [3.63, 3.8) is 0 Å². The van der Waals surface area contributed by atoms with Crippen molar-refractivity contribution in [2.24, 2.45) is 0 Å². The Morgan fingerprint density at radius 1 is 1.09 bits per heavy atom. The van der Waals surface area contributed by atoms with E-state index >= 15 is 0 Å². The molecule has 1 aromatic heterocycles. The number of aryl methyl sites for hydroxylation is 2. The van der Waals surface area contributed by atoms with Crippen LogP contribution in [0, 0.1) is 26.6 Å². The Balaban J connectivity index is 1.99. The molecule has 0 bridgehead atoms. The van der Waals surface area contributed by atoms with Crippen LogP contribution in [-0.4, -0.2) is 10.9 Å². The van der Waals surface area contributed by atoms with Crippen LogP contribution in [-0.2, 0) is 0 Å². The third kappa shape index (κ3) is 2.93. The maximum atomic E-state index is 13.3. The van der Waals surface area contributed by atoms with Crippen LogP contribution in [0.3, 0.4) is 0 Å². The van der Waals surface area contributed by atoms with Gasteiger partial charge in [-0.3, -0.25) is 9.78 Å². The molecule has 116 valence electrons. The van der Waals surface area contributed by atoms with Gasteiger partial charge < -0.3 is 5.32 Å². The lowest BCUT2D eigenvalue weighted by Gasteiger charge is -2.12. The molecule has 0 aliphatic rings. The van der Waals surface area contributed by atoms with Gasteiger partial charge >= 0.3 is 0 Å². The van der Waals surface area contributed by atoms with Gasteiger partial charge in [0.1, 0.15) is 5.82 Å². The molecular weight excluding hydrogens is 291 g/mol. The van der Waals surface area contributed by atoms with Crippen molar-refractivity contribution in [1.82, 2.24) is 4.98 Å². The van der Waals surface area contributed by atoms with Crippen molar-refractivity contribution in [2.75, 3.05) is 5.32 Å². The molecular formula is C19H17FN2O. The van der Waals surface area contributed by atoms with E-state index in [-0.39, 0.29) is 11.7 Å². The van der Waals surface area contributed by atoms with E-state index in [1.54, 1.807) is 19.1 Å². The predicted molar refractivity (Wildman–Crippen MR) is 90.3 cm³/mol. The summed E-state index contributed by atoms with van der Waals surface area (Å²) in [6.07, 6.45) is 0. The fraction of sp³-hybridized carbons (Fsp3) is 0.158. The monoisotopic (exact) mass is 308 g/mol. The number of anilines is 1. The molecule has 0 saturated heterocycles. The lowest BCUT2D eigenvalue weighted by Crippen LogP contribution is -2.15. The van der Waals surface area contributed by atoms with Gasteiger partial charge in [-0.2, -0.15) is 0 Å². The Morgan fingerprint density at radius 3 is 2.65 bits per heavy atom. The highest BCUT2D eigenvalue weighted by atomic mass is 19.1. The van der Waals surface area contributed by atoms with E-state index in [1.165, 1.54) is 12.1 Å².